The summed E-state index contributed by atoms with van der Waals surface area (Å²) in [5.41, 5.74) is 0.371. The van der Waals surface area contributed by atoms with E-state index in [1.54, 1.807) is 0 Å². The highest BCUT2D eigenvalue weighted by molar-refractivity contribution is 5.73. The van der Waals surface area contributed by atoms with Crippen molar-refractivity contribution >= 4 is 11.9 Å². The number of carboxylic acid groups (broad SMARTS) is 1. The molecule has 0 spiro atoms. The van der Waals surface area contributed by atoms with Gasteiger partial charge < -0.3 is 9.84 Å². The number of hydrogen-bond donors (Lipinski definition) is 1. The third-order valence-corrected chi connectivity index (χ3v) is 1.91. The van der Waals surface area contributed by atoms with E-state index in [9.17, 15) is 19.7 Å². The van der Waals surface area contributed by atoms with Gasteiger partial charge in [-0.2, -0.15) is 0 Å². The third kappa shape index (κ3) is 9.32. The van der Waals surface area contributed by atoms with Crippen LogP contribution >= 0.6 is 0 Å². The Kier molecular flexibility index (Phi) is 7.34. The van der Waals surface area contributed by atoms with E-state index < -0.39 is 16.9 Å². The van der Waals surface area contributed by atoms with Crippen LogP contribution in [0, 0.1) is 16.0 Å². The summed E-state index contributed by atoms with van der Waals surface area (Å²) in [7, 11) is 0. The summed E-state index contributed by atoms with van der Waals surface area (Å²) in [6.07, 6.45) is 0.774. The Balaban J connectivity index is 4.27. The fourth-order valence-corrected chi connectivity index (χ4v) is 1.33. The van der Waals surface area contributed by atoms with Gasteiger partial charge in [0.2, 0.25) is 6.20 Å². The van der Waals surface area contributed by atoms with Gasteiger partial charge in [0, 0.05) is 5.57 Å². The highest BCUT2D eigenvalue weighted by atomic mass is 16.6. The van der Waals surface area contributed by atoms with E-state index in [1.807, 2.05) is 13.8 Å². The second-order valence-electron chi connectivity index (χ2n) is 4.21. The molecule has 0 aliphatic carbocycles. The summed E-state index contributed by atoms with van der Waals surface area (Å²) in [6, 6.07) is 0. The van der Waals surface area contributed by atoms with Crippen molar-refractivity contribution in [3.8, 4) is 0 Å². The van der Waals surface area contributed by atoms with Gasteiger partial charge >= 0.3 is 11.9 Å². The van der Waals surface area contributed by atoms with Crippen molar-refractivity contribution in [3.63, 3.8) is 0 Å². The first-order chi connectivity index (χ1) is 8.31. The van der Waals surface area contributed by atoms with Crippen LogP contribution in [0.1, 0.15) is 33.1 Å². The molecule has 0 aromatic rings. The molecule has 0 amide bonds. The standard InChI is InChI=1S/C11H17NO6/c1-8(2)5-9(7-12(16)17)6-11(15)18-4-3-10(13)14/h7-8H,3-6H2,1-2H3,(H,13,14). The lowest BCUT2D eigenvalue weighted by Gasteiger charge is -2.07. The van der Waals surface area contributed by atoms with Crippen molar-refractivity contribution in [1.29, 1.82) is 0 Å². The molecule has 0 fully saturated rings. The van der Waals surface area contributed by atoms with Gasteiger partial charge in [0.05, 0.1) is 17.8 Å². The molecule has 102 valence electrons. The molecule has 0 saturated heterocycles. The maximum Gasteiger partial charge on any atom is 0.310 e. The fourth-order valence-electron chi connectivity index (χ4n) is 1.33. The molecule has 0 aromatic heterocycles. The Morgan fingerprint density at radius 1 is 1.44 bits per heavy atom. The van der Waals surface area contributed by atoms with Crippen LogP contribution in [0.15, 0.2) is 11.8 Å². The predicted molar refractivity (Wildman–Crippen MR) is 62.4 cm³/mol. The lowest BCUT2D eigenvalue weighted by atomic mass is 10.0. The second-order valence-corrected chi connectivity index (χ2v) is 4.21. The lowest BCUT2D eigenvalue weighted by molar-refractivity contribution is -0.403. The van der Waals surface area contributed by atoms with Gasteiger partial charge in [-0.1, -0.05) is 13.8 Å². The molecular formula is C11H17NO6. The Morgan fingerprint density at radius 3 is 2.50 bits per heavy atom. The molecule has 7 nitrogen and oxygen atoms in total. The fraction of sp³-hybridized carbons (Fsp3) is 0.636. The normalized spacial score (nSPS) is 11.4. The average molecular weight is 259 g/mol. The number of esters is 1. The number of hydrogen-bond acceptors (Lipinski definition) is 5. The monoisotopic (exact) mass is 259 g/mol. The van der Waals surface area contributed by atoms with Crippen molar-refractivity contribution in [1.82, 2.24) is 0 Å². The summed E-state index contributed by atoms with van der Waals surface area (Å²) in [5, 5.41) is 18.7. The summed E-state index contributed by atoms with van der Waals surface area (Å²) in [6.45, 7) is 3.54. The Hall–Kier alpha value is -1.92. The second kappa shape index (κ2) is 8.21. The minimum Gasteiger partial charge on any atom is -0.481 e. The maximum absolute atomic E-state index is 11.3. The van der Waals surface area contributed by atoms with Crippen LogP contribution in [0.5, 0.6) is 0 Å². The van der Waals surface area contributed by atoms with Gasteiger partial charge in [-0.3, -0.25) is 19.7 Å². The molecule has 0 radical (unpaired) electrons. The number of carbonyl (C=O) groups excluding carboxylic acids is 1. The number of nitro groups is 1. The van der Waals surface area contributed by atoms with Gasteiger partial charge in [-0.15, -0.1) is 0 Å². The van der Waals surface area contributed by atoms with Gasteiger partial charge in [0.25, 0.3) is 0 Å². The predicted octanol–water partition coefficient (Wildman–Crippen LogP) is 1.60. The molecule has 7 heteroatoms. The Labute approximate surface area is 105 Å². The van der Waals surface area contributed by atoms with Gasteiger partial charge in [0.15, 0.2) is 0 Å². The maximum atomic E-state index is 11.3. The molecule has 0 heterocycles. The van der Waals surface area contributed by atoms with E-state index in [0.717, 1.165) is 6.20 Å². The van der Waals surface area contributed by atoms with Gasteiger partial charge in [0.1, 0.15) is 6.61 Å². The van der Waals surface area contributed by atoms with E-state index in [-0.39, 0.29) is 25.4 Å². The zero-order chi connectivity index (χ0) is 14.1. The van der Waals surface area contributed by atoms with Crippen molar-refractivity contribution in [2.45, 2.75) is 33.1 Å². The first kappa shape index (κ1) is 16.1. The molecule has 18 heavy (non-hydrogen) atoms. The van der Waals surface area contributed by atoms with Gasteiger partial charge in [-0.25, -0.2) is 0 Å². The molecular weight excluding hydrogens is 242 g/mol. The van der Waals surface area contributed by atoms with Crippen molar-refractivity contribution in [2.24, 2.45) is 5.92 Å². The summed E-state index contributed by atoms with van der Waals surface area (Å²) < 4.78 is 4.66. The lowest BCUT2D eigenvalue weighted by Crippen LogP contribution is -2.11. The SMILES string of the molecule is CC(C)CC(=C[N+](=O)[O-])CC(=O)OCCC(=O)O. The van der Waals surface area contributed by atoms with E-state index in [2.05, 4.69) is 4.74 Å². The minimum absolute atomic E-state index is 0.182. The Bertz CT molecular complexity index is 347. The number of carbonyl (C=O) groups is 2. The third-order valence-electron chi connectivity index (χ3n) is 1.91. The molecule has 0 saturated carbocycles. The van der Waals surface area contributed by atoms with Crippen molar-refractivity contribution in [3.05, 3.63) is 21.9 Å². The highest BCUT2D eigenvalue weighted by Gasteiger charge is 2.13. The first-order valence-electron chi connectivity index (χ1n) is 5.51. The highest BCUT2D eigenvalue weighted by Crippen LogP contribution is 2.15. The van der Waals surface area contributed by atoms with Crippen LogP contribution in [0.2, 0.25) is 0 Å². The number of nitrogens with zero attached hydrogens (tertiary/aromatic N) is 1. The molecule has 0 aliphatic rings. The summed E-state index contributed by atoms with van der Waals surface area (Å²) in [5.74, 6) is -1.53. The molecule has 0 aromatic carbocycles. The van der Waals surface area contributed by atoms with E-state index in [0.29, 0.717) is 12.0 Å². The zero-order valence-corrected chi connectivity index (χ0v) is 10.4. The van der Waals surface area contributed by atoms with Crippen LogP contribution < -0.4 is 0 Å². The molecule has 0 unspecified atom stereocenters. The smallest absolute Gasteiger partial charge is 0.310 e. The van der Waals surface area contributed by atoms with Crippen molar-refractivity contribution < 1.29 is 24.4 Å². The quantitative estimate of drug-likeness (QED) is 0.403. The average Bonchev–Trinajstić information content (AvgIpc) is 2.13. The number of carboxylic acids is 1. The number of rotatable bonds is 8. The van der Waals surface area contributed by atoms with Crippen LogP contribution in [0.4, 0.5) is 0 Å². The van der Waals surface area contributed by atoms with Crippen LogP contribution in [-0.4, -0.2) is 28.6 Å². The van der Waals surface area contributed by atoms with E-state index >= 15 is 0 Å². The zero-order valence-electron chi connectivity index (χ0n) is 10.4. The van der Waals surface area contributed by atoms with Crippen molar-refractivity contribution in [2.75, 3.05) is 6.61 Å². The van der Waals surface area contributed by atoms with E-state index in [1.165, 1.54) is 0 Å². The number of aliphatic carboxylic acids is 1. The first-order valence-corrected chi connectivity index (χ1v) is 5.51. The van der Waals surface area contributed by atoms with E-state index in [4.69, 9.17) is 5.11 Å². The minimum atomic E-state index is -1.06. The number of ether oxygens (including phenoxy) is 1. The molecule has 0 aliphatic heterocycles. The van der Waals surface area contributed by atoms with Crippen LogP contribution in [0.3, 0.4) is 0 Å². The van der Waals surface area contributed by atoms with Crippen LogP contribution in [-0.2, 0) is 14.3 Å². The largest absolute Gasteiger partial charge is 0.481 e. The summed E-state index contributed by atoms with van der Waals surface area (Å²) in [4.78, 5) is 31.3. The molecule has 0 bridgehead atoms. The Morgan fingerprint density at radius 2 is 2.06 bits per heavy atom. The van der Waals surface area contributed by atoms with Crippen LogP contribution in [0.25, 0.3) is 0 Å². The molecule has 0 atom stereocenters. The van der Waals surface area contributed by atoms with Gasteiger partial charge in [-0.05, 0) is 12.3 Å². The molecule has 1 N–H and O–H groups in total. The topological polar surface area (TPSA) is 107 Å². The summed E-state index contributed by atoms with van der Waals surface area (Å²) >= 11 is 0. The molecule has 0 rings (SSSR count).